The fourth-order valence-corrected chi connectivity index (χ4v) is 3.32. The van der Waals surface area contributed by atoms with E-state index >= 15 is 0 Å². The molecule has 0 unspecified atom stereocenters. The predicted octanol–water partition coefficient (Wildman–Crippen LogP) is 2.89. The maximum atomic E-state index is 10.5. The highest BCUT2D eigenvalue weighted by molar-refractivity contribution is 4.88. The third kappa shape index (κ3) is 2.94. The van der Waals surface area contributed by atoms with Gasteiger partial charge in [0.05, 0.1) is 11.7 Å². The fraction of sp³-hybridized carbons (Fsp3) is 1.00. The van der Waals surface area contributed by atoms with Gasteiger partial charge in [-0.05, 0) is 38.0 Å². The molecular formula is C13H24O2. The normalized spacial score (nSPS) is 38.4. The van der Waals surface area contributed by atoms with Crippen molar-refractivity contribution in [2.45, 2.75) is 69.5 Å². The van der Waals surface area contributed by atoms with Crippen molar-refractivity contribution in [1.82, 2.24) is 0 Å². The van der Waals surface area contributed by atoms with E-state index in [0.29, 0.717) is 6.10 Å². The molecule has 0 aromatic carbocycles. The van der Waals surface area contributed by atoms with Crippen molar-refractivity contribution in [3.05, 3.63) is 0 Å². The zero-order valence-electron chi connectivity index (χ0n) is 9.87. The van der Waals surface area contributed by atoms with Crippen LogP contribution in [0.25, 0.3) is 0 Å². The number of hydrogen-bond donors (Lipinski definition) is 1. The van der Waals surface area contributed by atoms with Crippen molar-refractivity contribution in [3.63, 3.8) is 0 Å². The van der Waals surface area contributed by atoms with Crippen LogP contribution in [0.3, 0.4) is 0 Å². The molecule has 0 amide bonds. The van der Waals surface area contributed by atoms with Crippen LogP contribution in [0.15, 0.2) is 0 Å². The predicted molar refractivity (Wildman–Crippen MR) is 60.8 cm³/mol. The highest BCUT2D eigenvalue weighted by atomic mass is 16.5. The van der Waals surface area contributed by atoms with E-state index in [1.165, 1.54) is 25.7 Å². The summed E-state index contributed by atoms with van der Waals surface area (Å²) in [4.78, 5) is 0. The summed E-state index contributed by atoms with van der Waals surface area (Å²) in [5.74, 6) is 0.800. The van der Waals surface area contributed by atoms with Gasteiger partial charge in [-0.2, -0.15) is 0 Å². The summed E-state index contributed by atoms with van der Waals surface area (Å²) in [6.45, 7) is 0. The fourth-order valence-electron chi connectivity index (χ4n) is 3.32. The summed E-state index contributed by atoms with van der Waals surface area (Å²) in [6, 6.07) is 0. The van der Waals surface area contributed by atoms with Gasteiger partial charge in [0.2, 0.25) is 0 Å². The van der Waals surface area contributed by atoms with E-state index < -0.39 is 0 Å². The summed E-state index contributed by atoms with van der Waals surface area (Å²) in [7, 11) is 1.78. The zero-order chi connectivity index (χ0) is 10.7. The van der Waals surface area contributed by atoms with Crippen LogP contribution in [0.5, 0.6) is 0 Å². The summed E-state index contributed by atoms with van der Waals surface area (Å²) >= 11 is 0. The highest BCUT2D eigenvalue weighted by Gasteiger charge is 2.35. The van der Waals surface area contributed by atoms with Crippen LogP contribution >= 0.6 is 0 Å². The van der Waals surface area contributed by atoms with Crippen molar-refractivity contribution in [3.8, 4) is 0 Å². The zero-order valence-corrected chi connectivity index (χ0v) is 9.87. The van der Waals surface area contributed by atoms with Crippen LogP contribution < -0.4 is 0 Å². The molecule has 0 aliphatic heterocycles. The van der Waals surface area contributed by atoms with E-state index in [4.69, 9.17) is 4.74 Å². The molecule has 2 heteroatoms. The lowest BCUT2D eigenvalue weighted by molar-refractivity contribution is -0.0565. The number of ether oxygens (including phenoxy) is 1. The summed E-state index contributed by atoms with van der Waals surface area (Å²) in [6.07, 6.45) is 10.9. The molecule has 0 aromatic rings. The first-order valence-electron chi connectivity index (χ1n) is 6.47. The summed E-state index contributed by atoms with van der Waals surface area (Å²) < 4.78 is 5.34. The minimum atomic E-state index is -0.357. The van der Waals surface area contributed by atoms with Crippen LogP contribution in [0.2, 0.25) is 0 Å². The molecule has 2 fully saturated rings. The Morgan fingerprint density at radius 1 is 1.13 bits per heavy atom. The number of methoxy groups -OCH3 is 1. The van der Waals surface area contributed by atoms with Crippen molar-refractivity contribution in [2.24, 2.45) is 5.92 Å². The van der Waals surface area contributed by atoms with Gasteiger partial charge in [-0.3, -0.25) is 0 Å². The Morgan fingerprint density at radius 3 is 2.27 bits per heavy atom. The van der Waals surface area contributed by atoms with Crippen LogP contribution in [0, 0.1) is 5.92 Å². The maximum Gasteiger partial charge on any atom is 0.0652 e. The van der Waals surface area contributed by atoms with Crippen molar-refractivity contribution < 1.29 is 9.84 Å². The second-order valence-electron chi connectivity index (χ2n) is 5.51. The molecule has 2 rings (SSSR count). The maximum absolute atomic E-state index is 10.5. The van der Waals surface area contributed by atoms with Gasteiger partial charge in [0, 0.05) is 7.11 Å². The van der Waals surface area contributed by atoms with Gasteiger partial charge in [-0.25, -0.2) is 0 Å². The van der Waals surface area contributed by atoms with E-state index in [-0.39, 0.29) is 5.60 Å². The highest BCUT2D eigenvalue weighted by Crippen LogP contribution is 2.39. The van der Waals surface area contributed by atoms with Crippen molar-refractivity contribution in [2.75, 3.05) is 7.11 Å². The Balaban J connectivity index is 1.80. The third-order valence-corrected chi connectivity index (χ3v) is 4.34. The van der Waals surface area contributed by atoms with Crippen molar-refractivity contribution in [1.29, 1.82) is 0 Å². The van der Waals surface area contributed by atoms with Gasteiger partial charge < -0.3 is 9.84 Å². The summed E-state index contributed by atoms with van der Waals surface area (Å²) in [5, 5.41) is 10.5. The molecule has 88 valence electrons. The lowest BCUT2D eigenvalue weighted by Gasteiger charge is -2.37. The van der Waals surface area contributed by atoms with Gasteiger partial charge in [0.1, 0.15) is 0 Å². The van der Waals surface area contributed by atoms with Crippen LogP contribution in [0.4, 0.5) is 0 Å². The molecule has 0 spiro atoms. The quantitative estimate of drug-likeness (QED) is 0.779. The van der Waals surface area contributed by atoms with Crippen LogP contribution in [-0.2, 0) is 4.74 Å². The molecule has 0 aromatic heterocycles. The van der Waals surface area contributed by atoms with Gasteiger partial charge in [0.25, 0.3) is 0 Å². The minimum absolute atomic E-state index is 0.357. The number of aliphatic hydroxyl groups is 1. The van der Waals surface area contributed by atoms with E-state index in [9.17, 15) is 5.11 Å². The summed E-state index contributed by atoms with van der Waals surface area (Å²) in [5.41, 5.74) is -0.357. The molecule has 0 atom stereocenters. The van der Waals surface area contributed by atoms with Crippen LogP contribution in [0.1, 0.15) is 57.8 Å². The number of rotatable bonds is 3. The minimum Gasteiger partial charge on any atom is -0.390 e. The Labute approximate surface area is 93.0 Å². The van der Waals surface area contributed by atoms with Crippen molar-refractivity contribution >= 4 is 0 Å². The second-order valence-corrected chi connectivity index (χ2v) is 5.51. The molecule has 2 saturated carbocycles. The van der Waals surface area contributed by atoms with Gasteiger partial charge in [-0.15, -0.1) is 0 Å². The molecule has 2 aliphatic rings. The van der Waals surface area contributed by atoms with Gasteiger partial charge in [-0.1, -0.05) is 25.7 Å². The topological polar surface area (TPSA) is 29.5 Å². The largest absolute Gasteiger partial charge is 0.390 e. The van der Waals surface area contributed by atoms with Gasteiger partial charge >= 0.3 is 0 Å². The first kappa shape index (κ1) is 11.4. The monoisotopic (exact) mass is 212 g/mol. The Hall–Kier alpha value is -0.0800. The SMILES string of the molecule is COC1CCC(O)(CC2CCCC2)CC1. The first-order valence-corrected chi connectivity index (χ1v) is 6.47. The molecule has 1 N–H and O–H groups in total. The second kappa shape index (κ2) is 4.84. The lowest BCUT2D eigenvalue weighted by atomic mass is 9.77. The van der Waals surface area contributed by atoms with E-state index in [0.717, 1.165) is 38.0 Å². The molecule has 15 heavy (non-hydrogen) atoms. The molecule has 0 bridgehead atoms. The van der Waals surface area contributed by atoms with E-state index in [2.05, 4.69) is 0 Å². The molecule has 2 aliphatic carbocycles. The average Bonchev–Trinajstić information content (AvgIpc) is 2.71. The smallest absolute Gasteiger partial charge is 0.0652 e. The molecule has 0 heterocycles. The average molecular weight is 212 g/mol. The first-order chi connectivity index (χ1) is 7.22. The lowest BCUT2D eigenvalue weighted by Crippen LogP contribution is -2.37. The van der Waals surface area contributed by atoms with Gasteiger partial charge in [0.15, 0.2) is 0 Å². The molecular weight excluding hydrogens is 188 g/mol. The number of hydrogen-bond acceptors (Lipinski definition) is 2. The Bertz CT molecular complexity index is 189. The van der Waals surface area contributed by atoms with E-state index in [1.54, 1.807) is 7.11 Å². The molecule has 0 saturated heterocycles. The third-order valence-electron chi connectivity index (χ3n) is 4.34. The van der Waals surface area contributed by atoms with Crippen LogP contribution in [-0.4, -0.2) is 23.9 Å². The Kier molecular flexibility index (Phi) is 3.68. The Morgan fingerprint density at radius 2 is 1.73 bits per heavy atom. The van der Waals surface area contributed by atoms with E-state index in [1.807, 2.05) is 0 Å². The standard InChI is InChI=1S/C13H24O2/c1-15-12-6-8-13(14,9-7-12)10-11-4-2-3-5-11/h11-12,14H,2-10H2,1H3. The molecule has 2 nitrogen and oxygen atoms in total. The molecule has 0 radical (unpaired) electrons.